The fourth-order valence-corrected chi connectivity index (χ4v) is 2.28. The molecule has 5 nitrogen and oxygen atoms in total. The molecule has 0 spiro atoms. The number of amides is 1. The van der Waals surface area contributed by atoms with E-state index in [9.17, 15) is 14.4 Å². The van der Waals surface area contributed by atoms with Gasteiger partial charge in [-0.25, -0.2) is 4.39 Å². The van der Waals surface area contributed by atoms with E-state index < -0.39 is 11.7 Å². The van der Waals surface area contributed by atoms with Crippen LogP contribution < -0.4 is 15.4 Å². The summed E-state index contributed by atoms with van der Waals surface area (Å²) >= 11 is 0. The van der Waals surface area contributed by atoms with Crippen molar-refractivity contribution in [3.63, 3.8) is 0 Å². The summed E-state index contributed by atoms with van der Waals surface area (Å²) in [5.74, 6) is 0.392. The van der Waals surface area contributed by atoms with Gasteiger partial charge in [-0.15, -0.1) is 0 Å². The third-order valence-electron chi connectivity index (χ3n) is 3.68. The van der Waals surface area contributed by atoms with E-state index >= 15 is 0 Å². The molecule has 3 rings (SSSR count). The van der Waals surface area contributed by atoms with Crippen molar-refractivity contribution in [1.29, 1.82) is 5.26 Å². The number of hydrogen-bond acceptors (Lipinski definition) is 4. The summed E-state index contributed by atoms with van der Waals surface area (Å²) < 4.78 is 18.6. The lowest BCUT2D eigenvalue weighted by Gasteiger charge is -2.07. The van der Waals surface area contributed by atoms with Crippen LogP contribution in [0.15, 0.2) is 90.6 Å². The Morgan fingerprint density at radius 1 is 0.893 bits per heavy atom. The van der Waals surface area contributed by atoms with Crippen molar-refractivity contribution in [2.24, 2.45) is 0 Å². The van der Waals surface area contributed by atoms with Gasteiger partial charge in [0.25, 0.3) is 5.91 Å². The highest BCUT2D eigenvalue weighted by atomic mass is 19.1. The normalized spacial score (nSPS) is 10.6. The molecule has 0 fully saturated rings. The summed E-state index contributed by atoms with van der Waals surface area (Å²) in [4.78, 5) is 12.2. The van der Waals surface area contributed by atoms with Gasteiger partial charge in [-0.2, -0.15) is 5.26 Å². The largest absolute Gasteiger partial charge is 0.457 e. The van der Waals surface area contributed by atoms with Gasteiger partial charge in [0.1, 0.15) is 29.0 Å². The minimum absolute atomic E-state index is 0.117. The molecule has 0 aliphatic heterocycles. The topological polar surface area (TPSA) is 74.1 Å². The molecule has 0 heterocycles. The molecule has 0 saturated heterocycles. The first kappa shape index (κ1) is 18.7. The summed E-state index contributed by atoms with van der Waals surface area (Å²) in [6.45, 7) is 0. The maximum absolute atomic E-state index is 12.9. The number of carbonyl (C=O) groups is 1. The smallest absolute Gasteiger partial charge is 0.267 e. The number of nitrogens with one attached hydrogen (secondary N) is 2. The lowest BCUT2D eigenvalue weighted by atomic mass is 10.2. The minimum Gasteiger partial charge on any atom is -0.457 e. The van der Waals surface area contributed by atoms with Gasteiger partial charge < -0.3 is 15.4 Å². The van der Waals surface area contributed by atoms with E-state index in [2.05, 4.69) is 10.6 Å². The Hall–Kier alpha value is -4.11. The zero-order valence-electron chi connectivity index (χ0n) is 14.7. The molecule has 0 bridgehead atoms. The summed E-state index contributed by atoms with van der Waals surface area (Å²) in [5, 5.41) is 14.6. The molecule has 0 aromatic heterocycles. The monoisotopic (exact) mass is 373 g/mol. The van der Waals surface area contributed by atoms with Crippen LogP contribution in [0.3, 0.4) is 0 Å². The number of halogens is 1. The number of ether oxygens (including phenoxy) is 1. The Labute approximate surface area is 161 Å². The van der Waals surface area contributed by atoms with E-state index in [4.69, 9.17) is 4.74 Å². The Bertz CT molecular complexity index is 1010. The second-order valence-corrected chi connectivity index (χ2v) is 5.71. The standard InChI is InChI=1S/C22H16FN3O2/c23-17-6-8-19(9-7-17)26-22(27)16(14-24)15-25-18-10-12-21(13-11-18)28-20-4-2-1-3-5-20/h1-13,15,25H,(H,26,27)/b16-15-. The van der Waals surface area contributed by atoms with Gasteiger partial charge in [0.15, 0.2) is 0 Å². The zero-order valence-corrected chi connectivity index (χ0v) is 14.7. The lowest BCUT2D eigenvalue weighted by Crippen LogP contribution is -2.14. The van der Waals surface area contributed by atoms with Crippen molar-refractivity contribution in [3.8, 4) is 17.6 Å². The van der Waals surface area contributed by atoms with E-state index in [1.54, 1.807) is 24.3 Å². The van der Waals surface area contributed by atoms with Gasteiger partial charge in [0.05, 0.1) is 0 Å². The van der Waals surface area contributed by atoms with E-state index in [0.717, 1.165) is 5.75 Å². The molecule has 0 aliphatic rings. The van der Waals surface area contributed by atoms with Crippen molar-refractivity contribution in [2.45, 2.75) is 0 Å². The first-order valence-electron chi connectivity index (χ1n) is 8.41. The van der Waals surface area contributed by atoms with Crippen LogP contribution in [0.2, 0.25) is 0 Å². The van der Waals surface area contributed by atoms with Crippen LogP contribution in [0.1, 0.15) is 0 Å². The van der Waals surface area contributed by atoms with Gasteiger partial charge in [0, 0.05) is 17.6 Å². The molecule has 3 aromatic carbocycles. The molecule has 0 saturated carbocycles. The van der Waals surface area contributed by atoms with E-state index in [0.29, 0.717) is 17.1 Å². The van der Waals surface area contributed by atoms with Gasteiger partial charge in [-0.1, -0.05) is 18.2 Å². The molecule has 2 N–H and O–H groups in total. The number of anilines is 2. The predicted molar refractivity (Wildman–Crippen MR) is 105 cm³/mol. The number of rotatable bonds is 6. The third kappa shape index (κ3) is 5.19. The quantitative estimate of drug-likeness (QED) is 0.467. The first-order valence-corrected chi connectivity index (χ1v) is 8.41. The molecule has 28 heavy (non-hydrogen) atoms. The summed E-state index contributed by atoms with van der Waals surface area (Å²) in [7, 11) is 0. The van der Waals surface area contributed by atoms with Crippen LogP contribution >= 0.6 is 0 Å². The molecular formula is C22H16FN3O2. The number of carbonyl (C=O) groups excluding carboxylic acids is 1. The number of nitriles is 1. The molecule has 0 radical (unpaired) electrons. The maximum Gasteiger partial charge on any atom is 0.267 e. The minimum atomic E-state index is -0.592. The zero-order chi connectivity index (χ0) is 19.8. The molecule has 1 amide bonds. The first-order chi connectivity index (χ1) is 13.6. The highest BCUT2D eigenvalue weighted by Gasteiger charge is 2.09. The Kier molecular flexibility index (Phi) is 6.01. The number of nitrogens with zero attached hydrogens (tertiary/aromatic N) is 1. The Balaban J connectivity index is 1.61. The van der Waals surface area contributed by atoms with Crippen LogP contribution in [0.4, 0.5) is 15.8 Å². The van der Waals surface area contributed by atoms with Crippen LogP contribution in [0, 0.1) is 17.1 Å². The van der Waals surface area contributed by atoms with Gasteiger partial charge >= 0.3 is 0 Å². The molecule has 138 valence electrons. The third-order valence-corrected chi connectivity index (χ3v) is 3.68. The van der Waals surface area contributed by atoms with Crippen molar-refractivity contribution in [1.82, 2.24) is 0 Å². The Morgan fingerprint density at radius 3 is 2.14 bits per heavy atom. The lowest BCUT2D eigenvalue weighted by molar-refractivity contribution is -0.112. The average Bonchev–Trinajstić information content (AvgIpc) is 2.72. The molecular weight excluding hydrogens is 357 g/mol. The van der Waals surface area contributed by atoms with Gasteiger partial charge in [-0.05, 0) is 60.7 Å². The summed E-state index contributed by atoms with van der Waals surface area (Å²) in [6, 6.07) is 23.6. The van der Waals surface area contributed by atoms with E-state index in [1.807, 2.05) is 36.4 Å². The predicted octanol–water partition coefficient (Wildman–Crippen LogP) is 5.08. The average molecular weight is 373 g/mol. The highest BCUT2D eigenvalue weighted by molar-refractivity contribution is 6.06. The molecule has 0 aliphatic carbocycles. The van der Waals surface area contributed by atoms with Gasteiger partial charge in [0.2, 0.25) is 0 Å². The van der Waals surface area contributed by atoms with Crippen molar-refractivity contribution < 1.29 is 13.9 Å². The van der Waals surface area contributed by atoms with Crippen LogP contribution in [0.25, 0.3) is 0 Å². The summed E-state index contributed by atoms with van der Waals surface area (Å²) in [6.07, 6.45) is 1.31. The van der Waals surface area contributed by atoms with Crippen molar-refractivity contribution in [2.75, 3.05) is 10.6 Å². The number of para-hydroxylation sites is 1. The van der Waals surface area contributed by atoms with Crippen LogP contribution in [0.5, 0.6) is 11.5 Å². The number of hydrogen-bond donors (Lipinski definition) is 2. The number of benzene rings is 3. The fourth-order valence-electron chi connectivity index (χ4n) is 2.28. The second-order valence-electron chi connectivity index (χ2n) is 5.71. The van der Waals surface area contributed by atoms with E-state index in [1.165, 1.54) is 30.5 Å². The fraction of sp³-hybridized carbons (Fsp3) is 0. The molecule has 3 aromatic rings. The van der Waals surface area contributed by atoms with Gasteiger partial charge in [-0.3, -0.25) is 4.79 Å². The van der Waals surface area contributed by atoms with Crippen LogP contribution in [-0.2, 0) is 4.79 Å². The SMILES string of the molecule is N#C/C(=C/Nc1ccc(Oc2ccccc2)cc1)C(=O)Nc1ccc(F)cc1. The van der Waals surface area contributed by atoms with Crippen molar-refractivity contribution >= 4 is 17.3 Å². The van der Waals surface area contributed by atoms with Crippen molar-refractivity contribution in [3.05, 3.63) is 96.5 Å². The Morgan fingerprint density at radius 2 is 1.50 bits per heavy atom. The van der Waals surface area contributed by atoms with Crippen LogP contribution in [-0.4, -0.2) is 5.91 Å². The molecule has 6 heteroatoms. The highest BCUT2D eigenvalue weighted by Crippen LogP contribution is 2.22. The second kappa shape index (κ2) is 9.01. The summed E-state index contributed by atoms with van der Waals surface area (Å²) in [5.41, 5.74) is 0.964. The maximum atomic E-state index is 12.9. The molecule has 0 unspecified atom stereocenters. The molecule has 0 atom stereocenters. The van der Waals surface area contributed by atoms with E-state index in [-0.39, 0.29) is 5.57 Å².